The van der Waals surface area contributed by atoms with Gasteiger partial charge in [-0.3, -0.25) is 10.1 Å². The summed E-state index contributed by atoms with van der Waals surface area (Å²) in [6, 6.07) is 13.1. The van der Waals surface area contributed by atoms with Gasteiger partial charge in [0.1, 0.15) is 11.6 Å². The molecule has 0 aliphatic carbocycles. The van der Waals surface area contributed by atoms with Crippen LogP contribution in [0, 0.1) is 10.1 Å². The number of nitro benzene ring substituents is 1. The fourth-order valence-corrected chi connectivity index (χ4v) is 3.10. The van der Waals surface area contributed by atoms with E-state index in [1.165, 1.54) is 29.5 Å². The van der Waals surface area contributed by atoms with Gasteiger partial charge < -0.3 is 9.47 Å². The van der Waals surface area contributed by atoms with Gasteiger partial charge in [-0.1, -0.05) is 35.9 Å². The van der Waals surface area contributed by atoms with E-state index in [1.54, 1.807) is 23.6 Å². The van der Waals surface area contributed by atoms with E-state index < -0.39 is 17.5 Å². The predicted molar refractivity (Wildman–Crippen MR) is 101 cm³/mol. The minimum Gasteiger partial charge on any atom is -0.475 e. The van der Waals surface area contributed by atoms with Gasteiger partial charge in [-0.2, -0.15) is 0 Å². The Labute approximate surface area is 163 Å². The van der Waals surface area contributed by atoms with Gasteiger partial charge in [0.25, 0.3) is 0 Å². The zero-order valence-corrected chi connectivity index (χ0v) is 15.4. The summed E-state index contributed by atoms with van der Waals surface area (Å²) >= 11 is 7.29. The van der Waals surface area contributed by atoms with Crippen molar-refractivity contribution in [2.45, 2.75) is 6.61 Å². The number of ether oxygens (including phenoxy) is 2. The fraction of sp³-hybridized carbons (Fsp3) is 0.111. The number of carbonyl (C=O) groups is 1. The molecule has 0 radical (unpaired) electrons. The maximum atomic E-state index is 11.8. The van der Waals surface area contributed by atoms with E-state index in [4.69, 9.17) is 21.1 Å². The number of para-hydroxylation sites is 2. The Balaban J connectivity index is 1.53. The molecule has 0 atom stereocenters. The molecule has 9 heteroatoms. The number of benzene rings is 2. The maximum absolute atomic E-state index is 11.8. The SMILES string of the molecule is O=C(COc1ccccc1[N+](=O)[O-])OCc1csc(-c2ccc(Cl)cc2)n1. The summed E-state index contributed by atoms with van der Waals surface area (Å²) < 4.78 is 10.3. The van der Waals surface area contributed by atoms with Gasteiger partial charge in [0.05, 0.1) is 10.6 Å². The molecular weight excluding hydrogens is 392 g/mol. The third kappa shape index (κ3) is 5.02. The average Bonchev–Trinajstić information content (AvgIpc) is 3.14. The van der Waals surface area contributed by atoms with Crippen LogP contribution in [0.5, 0.6) is 5.75 Å². The molecule has 27 heavy (non-hydrogen) atoms. The van der Waals surface area contributed by atoms with Gasteiger partial charge >= 0.3 is 11.7 Å². The highest BCUT2D eigenvalue weighted by molar-refractivity contribution is 7.13. The molecule has 0 fully saturated rings. The summed E-state index contributed by atoms with van der Waals surface area (Å²) in [5.41, 5.74) is 1.31. The quantitative estimate of drug-likeness (QED) is 0.327. The first-order chi connectivity index (χ1) is 13.0. The highest BCUT2D eigenvalue weighted by atomic mass is 35.5. The van der Waals surface area contributed by atoms with Crippen LogP contribution in [-0.2, 0) is 16.1 Å². The smallest absolute Gasteiger partial charge is 0.344 e. The van der Waals surface area contributed by atoms with Gasteiger partial charge in [-0.25, -0.2) is 9.78 Å². The molecule has 3 rings (SSSR count). The predicted octanol–water partition coefficient (Wildman–Crippen LogP) is 4.49. The summed E-state index contributed by atoms with van der Waals surface area (Å²) in [7, 11) is 0. The topological polar surface area (TPSA) is 91.6 Å². The molecule has 0 aliphatic rings. The molecule has 3 aromatic rings. The lowest BCUT2D eigenvalue weighted by atomic mass is 10.2. The van der Waals surface area contributed by atoms with Crippen LogP contribution in [0.3, 0.4) is 0 Å². The van der Waals surface area contributed by atoms with Crippen molar-refractivity contribution >= 4 is 34.6 Å². The van der Waals surface area contributed by atoms with Crippen LogP contribution in [0.4, 0.5) is 5.69 Å². The van der Waals surface area contributed by atoms with E-state index in [-0.39, 0.29) is 18.0 Å². The third-order valence-corrected chi connectivity index (χ3v) is 4.62. The number of esters is 1. The van der Waals surface area contributed by atoms with Crippen molar-refractivity contribution in [2.24, 2.45) is 0 Å². The summed E-state index contributed by atoms with van der Waals surface area (Å²) in [6.07, 6.45) is 0. The normalized spacial score (nSPS) is 10.4. The fourth-order valence-electron chi connectivity index (χ4n) is 2.16. The second-order valence-electron chi connectivity index (χ2n) is 5.33. The zero-order valence-electron chi connectivity index (χ0n) is 13.8. The molecule has 0 aliphatic heterocycles. The molecule has 138 valence electrons. The van der Waals surface area contributed by atoms with Gasteiger partial charge in [-0.05, 0) is 18.2 Å². The molecule has 0 saturated heterocycles. The van der Waals surface area contributed by atoms with Crippen LogP contribution in [0.1, 0.15) is 5.69 Å². The molecular formula is C18H13ClN2O5S. The minimum absolute atomic E-state index is 0.0107. The van der Waals surface area contributed by atoms with Crippen LogP contribution in [0.15, 0.2) is 53.9 Å². The van der Waals surface area contributed by atoms with Gasteiger partial charge in [0.2, 0.25) is 0 Å². The van der Waals surface area contributed by atoms with E-state index in [1.807, 2.05) is 12.1 Å². The number of hydrogen-bond donors (Lipinski definition) is 0. The number of rotatable bonds is 7. The van der Waals surface area contributed by atoms with Crippen LogP contribution in [-0.4, -0.2) is 22.5 Å². The molecule has 7 nitrogen and oxygen atoms in total. The van der Waals surface area contributed by atoms with Gasteiger partial charge in [-0.15, -0.1) is 11.3 Å². The number of aromatic nitrogens is 1. The first-order valence-corrected chi connectivity index (χ1v) is 9.01. The lowest BCUT2D eigenvalue weighted by Crippen LogP contribution is -2.15. The van der Waals surface area contributed by atoms with Crippen molar-refractivity contribution in [3.63, 3.8) is 0 Å². The number of nitrogens with zero attached hydrogens (tertiary/aromatic N) is 2. The van der Waals surface area contributed by atoms with Crippen LogP contribution >= 0.6 is 22.9 Å². The Kier molecular flexibility index (Phi) is 6.00. The molecule has 0 amide bonds. The van der Waals surface area contributed by atoms with Crippen LogP contribution < -0.4 is 4.74 Å². The molecule has 1 heterocycles. The number of halogens is 1. The molecule has 0 spiro atoms. The van der Waals surface area contributed by atoms with E-state index in [2.05, 4.69) is 4.98 Å². The van der Waals surface area contributed by atoms with Crippen molar-refractivity contribution in [3.8, 4) is 16.3 Å². The van der Waals surface area contributed by atoms with Crippen molar-refractivity contribution in [1.82, 2.24) is 4.98 Å². The molecule has 1 aromatic heterocycles. The van der Waals surface area contributed by atoms with Crippen molar-refractivity contribution in [3.05, 3.63) is 74.7 Å². The Morgan fingerprint density at radius 3 is 2.67 bits per heavy atom. The van der Waals surface area contributed by atoms with Crippen molar-refractivity contribution in [2.75, 3.05) is 6.61 Å². The highest BCUT2D eigenvalue weighted by Crippen LogP contribution is 2.26. The lowest BCUT2D eigenvalue weighted by Gasteiger charge is -2.06. The Bertz CT molecular complexity index is 958. The van der Waals surface area contributed by atoms with Crippen molar-refractivity contribution in [1.29, 1.82) is 0 Å². The minimum atomic E-state index is -0.644. The monoisotopic (exact) mass is 404 g/mol. The number of nitro groups is 1. The Morgan fingerprint density at radius 2 is 1.93 bits per heavy atom. The zero-order chi connectivity index (χ0) is 19.2. The summed E-state index contributed by atoms with van der Waals surface area (Å²) in [6.45, 7) is -0.442. The molecule has 2 aromatic carbocycles. The maximum Gasteiger partial charge on any atom is 0.344 e. The summed E-state index contributed by atoms with van der Waals surface area (Å²) in [4.78, 5) is 26.6. The van der Waals surface area contributed by atoms with Gasteiger partial charge in [0.15, 0.2) is 12.4 Å². The summed E-state index contributed by atoms with van der Waals surface area (Å²) in [5.74, 6) is -0.632. The van der Waals surface area contributed by atoms with E-state index in [0.717, 1.165) is 10.6 Å². The number of hydrogen-bond acceptors (Lipinski definition) is 7. The van der Waals surface area contributed by atoms with Crippen LogP contribution in [0.2, 0.25) is 5.02 Å². The van der Waals surface area contributed by atoms with E-state index in [9.17, 15) is 14.9 Å². The first-order valence-electron chi connectivity index (χ1n) is 7.75. The molecule has 0 bridgehead atoms. The lowest BCUT2D eigenvalue weighted by molar-refractivity contribution is -0.385. The Hall–Kier alpha value is -2.97. The second kappa shape index (κ2) is 8.61. The number of carbonyl (C=O) groups excluding carboxylic acids is 1. The van der Waals surface area contributed by atoms with Gasteiger partial charge in [0, 0.05) is 22.0 Å². The van der Waals surface area contributed by atoms with E-state index in [0.29, 0.717) is 10.7 Å². The van der Waals surface area contributed by atoms with E-state index >= 15 is 0 Å². The second-order valence-corrected chi connectivity index (χ2v) is 6.62. The molecule has 0 saturated carbocycles. The number of thiazole rings is 1. The third-order valence-electron chi connectivity index (χ3n) is 3.43. The largest absolute Gasteiger partial charge is 0.475 e. The molecule has 0 unspecified atom stereocenters. The standard InChI is InChI=1S/C18H13ClN2O5S/c19-13-7-5-12(6-8-13)18-20-14(11-27-18)9-26-17(22)10-25-16-4-2-1-3-15(16)21(23)24/h1-8,11H,9-10H2. The first kappa shape index (κ1) is 18.8. The Morgan fingerprint density at radius 1 is 1.19 bits per heavy atom. The van der Waals surface area contributed by atoms with Crippen molar-refractivity contribution < 1.29 is 19.2 Å². The molecule has 0 N–H and O–H groups in total. The summed E-state index contributed by atoms with van der Waals surface area (Å²) in [5, 5.41) is 14.1. The highest BCUT2D eigenvalue weighted by Gasteiger charge is 2.15. The average molecular weight is 405 g/mol. The van der Waals surface area contributed by atoms with Crippen LogP contribution in [0.25, 0.3) is 10.6 Å².